The number of carbonyl (C=O) groups is 4. The minimum Gasteiger partial charge on any atom is -0.482 e. The van der Waals surface area contributed by atoms with Crippen molar-refractivity contribution >= 4 is 29.8 Å². The molecular weight excluding hydrogens is 476 g/mol. The Bertz CT molecular complexity index is 965. The van der Waals surface area contributed by atoms with Gasteiger partial charge in [-0.25, -0.2) is 14.4 Å². The van der Waals surface area contributed by atoms with Crippen LogP contribution in [0, 0.1) is 5.92 Å². The lowest BCUT2D eigenvalue weighted by Crippen LogP contribution is -2.23. The zero-order chi connectivity index (χ0) is 25.1. The number of hydrogen-bond donors (Lipinski definition) is 0. The number of cyclic esters (lactones) is 1. The Hall–Kier alpha value is -3.70. The van der Waals surface area contributed by atoms with Crippen molar-refractivity contribution in [2.75, 3.05) is 27.4 Å². The van der Waals surface area contributed by atoms with E-state index in [1.54, 1.807) is 25.1 Å². The predicted octanol–water partition coefficient (Wildman–Crippen LogP) is 1.64. The second kappa shape index (κ2) is 16.1. The van der Waals surface area contributed by atoms with Crippen molar-refractivity contribution in [3.05, 3.63) is 41.5 Å². The highest BCUT2D eigenvalue weighted by atomic mass is 16.6. The topological polar surface area (TPSA) is 177 Å². The number of fused-ring (bicyclic) bond motifs is 1. The van der Waals surface area contributed by atoms with Crippen molar-refractivity contribution in [2.45, 2.75) is 39.2 Å². The fourth-order valence-electron chi connectivity index (χ4n) is 2.99. The van der Waals surface area contributed by atoms with Gasteiger partial charge in [-0.1, -0.05) is 25.2 Å². The van der Waals surface area contributed by atoms with Gasteiger partial charge in [0.05, 0.1) is 14.2 Å². The number of carbonyl (C=O) groups excluding carboxylic acids is 4. The van der Waals surface area contributed by atoms with Crippen molar-refractivity contribution < 1.29 is 53.8 Å². The van der Waals surface area contributed by atoms with E-state index in [2.05, 4.69) is 9.47 Å². The van der Waals surface area contributed by atoms with Gasteiger partial charge in [0.25, 0.3) is 0 Å². The molecule has 1 aliphatic heterocycles. The first-order valence-electron chi connectivity index (χ1n) is 10.9. The van der Waals surface area contributed by atoms with Crippen molar-refractivity contribution in [1.29, 1.82) is 0 Å². The molecule has 0 saturated carbocycles. The summed E-state index contributed by atoms with van der Waals surface area (Å²) >= 11 is 0. The standard InChI is InChI=1S/C25H30O9.2H2O/c1-16-10-11-19(26)9-7-5-6-8-18-12-20(32-14-22(27)30-3)13-21(33-15-23(28)31-4)24(18)25(29)34-17(16)2;;/h6,8,10-13,16-17H,5,7,9,14-15H2,1-4H3;2*1H2/b8-6+,11-10-;;/t16-,17+;;/m1../s1. The second-order valence-electron chi connectivity index (χ2n) is 7.70. The first-order chi connectivity index (χ1) is 16.2. The van der Waals surface area contributed by atoms with Crippen LogP contribution in [-0.2, 0) is 28.6 Å². The van der Waals surface area contributed by atoms with Gasteiger partial charge in [-0.3, -0.25) is 4.79 Å². The summed E-state index contributed by atoms with van der Waals surface area (Å²) in [4.78, 5) is 48.4. The van der Waals surface area contributed by atoms with Crippen LogP contribution in [0.3, 0.4) is 0 Å². The first-order valence-corrected chi connectivity index (χ1v) is 10.9. The summed E-state index contributed by atoms with van der Waals surface area (Å²) in [5.74, 6) is -1.85. The summed E-state index contributed by atoms with van der Waals surface area (Å²) in [7, 11) is 2.46. The molecule has 2 rings (SSSR count). The number of benzene rings is 1. The summed E-state index contributed by atoms with van der Waals surface area (Å²) in [5.41, 5.74) is 0.507. The maximum atomic E-state index is 13.2. The number of rotatable bonds is 6. The molecule has 36 heavy (non-hydrogen) atoms. The van der Waals surface area contributed by atoms with Gasteiger partial charge in [0, 0.05) is 18.4 Å². The van der Waals surface area contributed by atoms with Gasteiger partial charge in [-0.2, -0.15) is 0 Å². The lowest BCUT2D eigenvalue weighted by Gasteiger charge is -2.20. The van der Waals surface area contributed by atoms with Crippen molar-refractivity contribution in [1.82, 2.24) is 0 Å². The summed E-state index contributed by atoms with van der Waals surface area (Å²) in [6, 6.07) is 2.96. The molecule has 11 heteroatoms. The maximum Gasteiger partial charge on any atom is 0.343 e. The van der Waals surface area contributed by atoms with Gasteiger partial charge in [-0.15, -0.1) is 0 Å². The Morgan fingerprint density at radius 3 is 2.25 bits per heavy atom. The highest BCUT2D eigenvalue weighted by Crippen LogP contribution is 2.32. The molecule has 1 aromatic carbocycles. The molecule has 0 unspecified atom stereocenters. The summed E-state index contributed by atoms with van der Waals surface area (Å²) < 4.78 is 25.9. The number of ketones is 1. The third kappa shape index (κ3) is 9.88. The number of methoxy groups -OCH3 is 2. The number of allylic oxidation sites excluding steroid dienone is 2. The molecule has 0 fully saturated rings. The minimum absolute atomic E-state index is 0. The molecule has 2 atom stereocenters. The van der Waals surface area contributed by atoms with E-state index in [4.69, 9.17) is 14.2 Å². The normalized spacial score (nSPS) is 19.6. The first kappa shape index (κ1) is 32.3. The van der Waals surface area contributed by atoms with Gasteiger partial charge in [-0.05, 0) is 37.5 Å². The zero-order valence-electron chi connectivity index (χ0n) is 20.8. The Morgan fingerprint density at radius 2 is 1.61 bits per heavy atom. The van der Waals surface area contributed by atoms with Crippen LogP contribution in [-0.4, -0.2) is 68.2 Å². The van der Waals surface area contributed by atoms with Crippen LogP contribution in [0.5, 0.6) is 11.5 Å². The third-order valence-corrected chi connectivity index (χ3v) is 5.18. The molecule has 1 aromatic rings. The van der Waals surface area contributed by atoms with Gasteiger partial charge in [0.1, 0.15) is 23.2 Å². The van der Waals surface area contributed by atoms with Gasteiger partial charge in [0.2, 0.25) is 0 Å². The van der Waals surface area contributed by atoms with E-state index in [9.17, 15) is 19.2 Å². The summed E-state index contributed by atoms with van der Waals surface area (Å²) in [6.45, 7) is 2.76. The molecule has 4 N–H and O–H groups in total. The lowest BCUT2D eigenvalue weighted by atomic mass is 10.0. The molecule has 200 valence electrons. The maximum absolute atomic E-state index is 13.2. The molecule has 1 aliphatic rings. The van der Waals surface area contributed by atoms with E-state index < -0.39 is 30.6 Å². The molecule has 0 spiro atoms. The molecule has 1 heterocycles. The highest BCUT2D eigenvalue weighted by molar-refractivity contribution is 5.97. The summed E-state index contributed by atoms with van der Waals surface area (Å²) in [5, 5.41) is 0. The molecule has 0 amide bonds. The van der Waals surface area contributed by atoms with Gasteiger partial charge >= 0.3 is 17.9 Å². The smallest absolute Gasteiger partial charge is 0.343 e. The van der Waals surface area contributed by atoms with Crippen LogP contribution >= 0.6 is 0 Å². The number of esters is 3. The van der Waals surface area contributed by atoms with E-state index >= 15 is 0 Å². The van der Waals surface area contributed by atoms with E-state index in [1.165, 1.54) is 26.4 Å². The van der Waals surface area contributed by atoms with Crippen LogP contribution in [0.25, 0.3) is 6.08 Å². The second-order valence-corrected chi connectivity index (χ2v) is 7.70. The molecule has 0 aromatic heterocycles. The Morgan fingerprint density at radius 1 is 0.972 bits per heavy atom. The van der Waals surface area contributed by atoms with Crippen LogP contribution < -0.4 is 9.47 Å². The van der Waals surface area contributed by atoms with Crippen molar-refractivity contribution in [2.24, 2.45) is 5.92 Å². The van der Waals surface area contributed by atoms with E-state index in [-0.39, 0.29) is 46.3 Å². The number of ether oxygens (including phenoxy) is 5. The zero-order valence-corrected chi connectivity index (χ0v) is 20.8. The van der Waals surface area contributed by atoms with Gasteiger partial charge in [0.15, 0.2) is 19.0 Å². The molecule has 11 nitrogen and oxygen atoms in total. The van der Waals surface area contributed by atoms with Crippen LogP contribution in [0.4, 0.5) is 0 Å². The van der Waals surface area contributed by atoms with E-state index in [0.29, 0.717) is 24.8 Å². The highest BCUT2D eigenvalue weighted by Gasteiger charge is 2.24. The molecular formula is C25H34O11. The number of hydrogen-bond acceptors (Lipinski definition) is 9. The third-order valence-electron chi connectivity index (χ3n) is 5.18. The van der Waals surface area contributed by atoms with E-state index in [0.717, 1.165) is 0 Å². The fraction of sp³-hybridized carbons (Fsp3) is 0.440. The minimum atomic E-state index is -0.671. The quantitative estimate of drug-likeness (QED) is 0.406. The van der Waals surface area contributed by atoms with Crippen LogP contribution in [0.1, 0.15) is 49.0 Å². The molecule has 0 aliphatic carbocycles. The van der Waals surface area contributed by atoms with Gasteiger partial charge < -0.3 is 34.6 Å². The van der Waals surface area contributed by atoms with E-state index in [1.807, 2.05) is 13.0 Å². The largest absolute Gasteiger partial charge is 0.482 e. The molecule has 0 bridgehead atoms. The fourth-order valence-corrected chi connectivity index (χ4v) is 2.99. The Labute approximate surface area is 209 Å². The average Bonchev–Trinajstić information content (AvgIpc) is 2.82. The SMILES string of the molecule is COC(=O)COc1cc2c(c(OCC(=O)OC)c1)C(=O)O[C@@H](C)[C@H](C)/C=C\C(=O)CCC/C=C/2.O.O. The van der Waals surface area contributed by atoms with Crippen molar-refractivity contribution in [3.63, 3.8) is 0 Å². The Kier molecular flexibility index (Phi) is 14.4. The molecule has 0 radical (unpaired) electrons. The predicted molar refractivity (Wildman–Crippen MR) is 130 cm³/mol. The monoisotopic (exact) mass is 510 g/mol. The lowest BCUT2D eigenvalue weighted by molar-refractivity contribution is -0.143. The molecule has 0 saturated heterocycles. The van der Waals surface area contributed by atoms with Crippen LogP contribution in [0.2, 0.25) is 0 Å². The van der Waals surface area contributed by atoms with Crippen LogP contribution in [0.15, 0.2) is 30.4 Å². The Balaban J connectivity index is 0.00000612. The average molecular weight is 511 g/mol. The van der Waals surface area contributed by atoms with Crippen molar-refractivity contribution in [3.8, 4) is 11.5 Å². The summed E-state index contributed by atoms with van der Waals surface area (Å²) in [6.07, 6.45) is 7.82.